The number of Topliss-reactive ketones (excluding diaryl/α,β-unsaturated/α-hetero) is 1. The van der Waals surface area contributed by atoms with Crippen molar-refractivity contribution in [3.05, 3.63) is 54.1 Å². The lowest BCUT2D eigenvalue weighted by atomic mass is 10.1. The van der Waals surface area contributed by atoms with Crippen molar-refractivity contribution in [1.82, 2.24) is 0 Å². The van der Waals surface area contributed by atoms with E-state index in [1.807, 2.05) is 36.4 Å². The van der Waals surface area contributed by atoms with E-state index in [4.69, 9.17) is 11.5 Å². The molecule has 6 heteroatoms. The van der Waals surface area contributed by atoms with Crippen molar-refractivity contribution in [1.29, 1.82) is 0 Å². The van der Waals surface area contributed by atoms with Gasteiger partial charge in [-0.1, -0.05) is 42.1 Å². The van der Waals surface area contributed by atoms with Crippen molar-refractivity contribution in [3.8, 4) is 0 Å². The normalized spacial score (nSPS) is 19.3. The molecule has 3 rings (SSSR count). The summed E-state index contributed by atoms with van der Waals surface area (Å²) >= 11 is 1.44. The van der Waals surface area contributed by atoms with Crippen LogP contribution in [0.15, 0.2) is 53.4 Å². The third-order valence-corrected chi connectivity index (χ3v) is 4.33. The zero-order valence-corrected chi connectivity index (χ0v) is 13.7. The van der Waals surface area contributed by atoms with Gasteiger partial charge < -0.3 is 11.1 Å². The monoisotopic (exact) mass is 365 g/mol. The molecule has 1 aliphatic rings. The summed E-state index contributed by atoms with van der Waals surface area (Å²) < 4.78 is 0. The molecule has 0 saturated heterocycles. The van der Waals surface area contributed by atoms with Crippen molar-refractivity contribution in [2.24, 2.45) is 5.73 Å². The van der Waals surface area contributed by atoms with Crippen LogP contribution >= 0.6 is 28.7 Å². The molecule has 0 fully saturated rings. The zero-order chi connectivity index (χ0) is 14.2. The first-order valence-corrected chi connectivity index (χ1v) is 7.11. The quantitative estimate of drug-likeness (QED) is 0.574. The van der Waals surface area contributed by atoms with Gasteiger partial charge in [-0.05, 0) is 18.2 Å². The fourth-order valence-electron chi connectivity index (χ4n) is 2.22. The number of nitrogens with one attached hydrogen (secondary N) is 1. The van der Waals surface area contributed by atoms with Crippen molar-refractivity contribution >= 4 is 45.9 Å². The Hall–Kier alpha value is -1.50. The fourth-order valence-corrected chi connectivity index (χ4v) is 3.40. The van der Waals surface area contributed by atoms with Crippen LogP contribution in [0.3, 0.4) is 0 Å². The van der Waals surface area contributed by atoms with Gasteiger partial charge in [0.15, 0.2) is 5.78 Å². The second-order valence-electron chi connectivity index (χ2n) is 4.84. The molecule has 0 aromatic heterocycles. The van der Waals surface area contributed by atoms with E-state index in [1.54, 1.807) is 12.1 Å². The van der Waals surface area contributed by atoms with E-state index in [9.17, 15) is 4.79 Å². The number of rotatable bonds is 3. The third kappa shape index (κ3) is 3.40. The summed E-state index contributed by atoms with van der Waals surface area (Å²) in [5, 5.41) is 3.20. The molecule has 110 valence electrons. The summed E-state index contributed by atoms with van der Waals surface area (Å²) in [5.74, 6) is 0.0221. The number of fused-ring (bicyclic) bond motifs is 1. The first-order chi connectivity index (χ1) is 9.56. The maximum absolute atomic E-state index is 12.3. The molecular formula is C15H16BrN3OS. The molecule has 1 unspecified atom stereocenters. The third-order valence-electron chi connectivity index (χ3n) is 3.16. The first kappa shape index (κ1) is 15.9. The lowest BCUT2D eigenvalue weighted by Crippen LogP contribution is -2.43. The van der Waals surface area contributed by atoms with Crippen LogP contribution in [0.4, 0.5) is 11.4 Å². The van der Waals surface area contributed by atoms with Crippen LogP contribution in [0.2, 0.25) is 0 Å². The topological polar surface area (TPSA) is 81.1 Å². The molecular weight excluding hydrogens is 350 g/mol. The van der Waals surface area contributed by atoms with Crippen LogP contribution in [-0.4, -0.2) is 10.8 Å². The van der Waals surface area contributed by atoms with Crippen LogP contribution < -0.4 is 16.8 Å². The Morgan fingerprint density at radius 3 is 2.62 bits per heavy atom. The van der Waals surface area contributed by atoms with E-state index >= 15 is 0 Å². The largest absolute Gasteiger partial charge is 0.399 e. The molecule has 2 aromatic carbocycles. The summed E-state index contributed by atoms with van der Waals surface area (Å²) in [4.78, 5) is 12.4. The number of nitrogens with two attached hydrogens (primary N) is 2. The molecule has 0 aliphatic carbocycles. The molecule has 1 heterocycles. The number of hydrogen-bond donors (Lipinski definition) is 3. The van der Waals surface area contributed by atoms with Gasteiger partial charge in [-0.3, -0.25) is 10.5 Å². The van der Waals surface area contributed by atoms with Crippen LogP contribution in [0.5, 0.6) is 0 Å². The number of benzene rings is 2. The van der Waals surface area contributed by atoms with E-state index in [-0.39, 0.29) is 29.2 Å². The molecule has 4 nitrogen and oxygen atoms in total. The van der Waals surface area contributed by atoms with E-state index in [2.05, 4.69) is 5.32 Å². The minimum Gasteiger partial charge on any atom is -0.399 e. The van der Waals surface area contributed by atoms with Crippen LogP contribution in [0, 0.1) is 0 Å². The molecule has 0 amide bonds. The van der Waals surface area contributed by atoms with E-state index < -0.39 is 4.99 Å². The maximum atomic E-state index is 12.3. The molecule has 0 bridgehead atoms. The van der Waals surface area contributed by atoms with Crippen LogP contribution in [0.25, 0.3) is 0 Å². The Kier molecular flexibility index (Phi) is 4.61. The smallest absolute Gasteiger partial charge is 0.167 e. The predicted molar refractivity (Wildman–Crippen MR) is 93.0 cm³/mol. The second kappa shape index (κ2) is 6.09. The zero-order valence-electron chi connectivity index (χ0n) is 11.2. The highest BCUT2D eigenvalue weighted by molar-refractivity contribution is 8.93. The average Bonchev–Trinajstić information content (AvgIpc) is 2.74. The highest BCUT2D eigenvalue weighted by Crippen LogP contribution is 2.45. The summed E-state index contributed by atoms with van der Waals surface area (Å²) in [6.45, 7) is 0. The van der Waals surface area contributed by atoms with Crippen LogP contribution in [0.1, 0.15) is 16.8 Å². The Labute approximate surface area is 138 Å². The molecule has 5 N–H and O–H groups in total. The van der Waals surface area contributed by atoms with Gasteiger partial charge in [-0.15, -0.1) is 17.0 Å². The van der Waals surface area contributed by atoms with Gasteiger partial charge in [0, 0.05) is 16.1 Å². The van der Waals surface area contributed by atoms with Gasteiger partial charge in [0.05, 0.1) is 12.1 Å². The fraction of sp³-hybridized carbons (Fsp3) is 0.133. The minimum absolute atomic E-state index is 0. The summed E-state index contributed by atoms with van der Waals surface area (Å²) in [5.41, 5.74) is 14.3. The maximum Gasteiger partial charge on any atom is 0.167 e. The average molecular weight is 366 g/mol. The number of ketones is 1. The van der Waals surface area contributed by atoms with Gasteiger partial charge in [0.25, 0.3) is 0 Å². The number of hydrogen-bond acceptors (Lipinski definition) is 5. The van der Waals surface area contributed by atoms with Gasteiger partial charge >= 0.3 is 0 Å². The Morgan fingerprint density at radius 2 is 1.90 bits per heavy atom. The van der Waals surface area contributed by atoms with Crippen molar-refractivity contribution in [3.63, 3.8) is 0 Å². The van der Waals surface area contributed by atoms with E-state index in [0.29, 0.717) is 11.3 Å². The number of nitrogen functional groups attached to an aromatic ring is 1. The van der Waals surface area contributed by atoms with E-state index in [1.165, 1.54) is 11.8 Å². The lowest BCUT2D eigenvalue weighted by molar-refractivity contribution is 0.0973. The number of thioether (sulfide) groups is 1. The molecule has 0 saturated carbocycles. The number of carbonyl (C=O) groups is 1. The molecule has 1 aliphatic heterocycles. The standard InChI is InChI=1S/C15H15N3OS.BrH/c16-11-6-7-12-14(8-11)20-15(17,18-12)9-13(19)10-4-2-1-3-5-10;/h1-8,18H,9,16-17H2;1H. The van der Waals surface area contributed by atoms with Crippen molar-refractivity contribution in [2.45, 2.75) is 16.3 Å². The Morgan fingerprint density at radius 1 is 1.19 bits per heavy atom. The first-order valence-electron chi connectivity index (χ1n) is 6.30. The summed E-state index contributed by atoms with van der Waals surface area (Å²) in [7, 11) is 0. The molecule has 21 heavy (non-hydrogen) atoms. The lowest BCUT2D eigenvalue weighted by Gasteiger charge is -2.23. The highest BCUT2D eigenvalue weighted by atomic mass is 79.9. The van der Waals surface area contributed by atoms with Gasteiger partial charge in [-0.25, -0.2) is 0 Å². The molecule has 1 atom stereocenters. The molecule has 2 aromatic rings. The summed E-state index contributed by atoms with van der Waals surface area (Å²) in [6.07, 6.45) is 0.219. The highest BCUT2D eigenvalue weighted by Gasteiger charge is 2.36. The number of anilines is 2. The van der Waals surface area contributed by atoms with Crippen molar-refractivity contribution < 1.29 is 4.79 Å². The predicted octanol–water partition coefficient (Wildman–Crippen LogP) is 3.25. The SMILES string of the molecule is Br.Nc1ccc2c(c1)SC(N)(CC(=O)c1ccccc1)N2. The van der Waals surface area contributed by atoms with Crippen molar-refractivity contribution in [2.75, 3.05) is 11.1 Å². The van der Waals surface area contributed by atoms with Gasteiger partial charge in [0.2, 0.25) is 0 Å². The summed E-state index contributed by atoms with van der Waals surface area (Å²) in [6, 6.07) is 14.8. The van der Waals surface area contributed by atoms with Gasteiger partial charge in [0.1, 0.15) is 4.99 Å². The van der Waals surface area contributed by atoms with Crippen LogP contribution in [-0.2, 0) is 0 Å². The Balaban J connectivity index is 0.00000161. The molecule has 0 spiro atoms. The van der Waals surface area contributed by atoms with Gasteiger partial charge in [-0.2, -0.15) is 0 Å². The Bertz CT molecular complexity index is 665. The minimum atomic E-state index is -0.816. The number of halogens is 1. The second-order valence-corrected chi connectivity index (χ2v) is 6.21. The molecule has 0 radical (unpaired) electrons. The number of carbonyl (C=O) groups excluding carboxylic acids is 1. The van der Waals surface area contributed by atoms with E-state index in [0.717, 1.165) is 10.6 Å².